The molecule has 1 aromatic heterocycles. The van der Waals surface area contributed by atoms with Crippen LogP contribution in [0.1, 0.15) is 5.56 Å². The van der Waals surface area contributed by atoms with Crippen molar-refractivity contribution in [1.82, 2.24) is 9.97 Å². The molecule has 0 spiro atoms. The van der Waals surface area contributed by atoms with Crippen molar-refractivity contribution < 1.29 is 4.39 Å². The molecule has 2 aromatic carbocycles. The molecule has 0 radical (unpaired) electrons. The van der Waals surface area contributed by atoms with Gasteiger partial charge in [0.1, 0.15) is 5.82 Å². The molecule has 0 aliphatic heterocycles. The van der Waals surface area contributed by atoms with Crippen LogP contribution < -0.4 is 0 Å². The Labute approximate surface area is 121 Å². The minimum atomic E-state index is -0.230. The monoisotopic (exact) mass is 284 g/mol. The Kier molecular flexibility index (Phi) is 3.83. The van der Waals surface area contributed by atoms with Gasteiger partial charge >= 0.3 is 0 Å². The highest BCUT2D eigenvalue weighted by Crippen LogP contribution is 2.24. The van der Waals surface area contributed by atoms with Crippen molar-refractivity contribution in [2.24, 2.45) is 0 Å². The van der Waals surface area contributed by atoms with Crippen molar-refractivity contribution in [3.8, 4) is 11.3 Å². The lowest BCUT2D eigenvalue weighted by Gasteiger charge is -1.99. The van der Waals surface area contributed by atoms with Crippen LogP contribution in [0.3, 0.4) is 0 Å². The van der Waals surface area contributed by atoms with Gasteiger partial charge in [0.05, 0.1) is 11.9 Å². The van der Waals surface area contributed by atoms with Crippen LogP contribution in [-0.2, 0) is 5.75 Å². The zero-order valence-electron chi connectivity index (χ0n) is 10.7. The summed E-state index contributed by atoms with van der Waals surface area (Å²) in [5.74, 6) is 0.643. The molecular formula is C16H13FN2S. The molecule has 0 fully saturated rings. The number of H-pyrrole nitrogens is 1. The van der Waals surface area contributed by atoms with E-state index >= 15 is 0 Å². The lowest BCUT2D eigenvalue weighted by Crippen LogP contribution is -1.82. The first kappa shape index (κ1) is 12.9. The van der Waals surface area contributed by atoms with E-state index in [0.29, 0.717) is 0 Å². The van der Waals surface area contributed by atoms with Crippen molar-refractivity contribution in [3.63, 3.8) is 0 Å². The van der Waals surface area contributed by atoms with Crippen molar-refractivity contribution in [1.29, 1.82) is 0 Å². The molecule has 0 amide bonds. The number of rotatable bonds is 4. The van der Waals surface area contributed by atoms with E-state index in [4.69, 9.17) is 0 Å². The highest BCUT2D eigenvalue weighted by molar-refractivity contribution is 7.98. The van der Waals surface area contributed by atoms with Gasteiger partial charge in [0.15, 0.2) is 5.16 Å². The van der Waals surface area contributed by atoms with Crippen LogP contribution in [0.4, 0.5) is 4.39 Å². The van der Waals surface area contributed by atoms with Gasteiger partial charge in [-0.05, 0) is 35.4 Å². The lowest BCUT2D eigenvalue weighted by molar-refractivity contribution is 0.628. The largest absolute Gasteiger partial charge is 0.333 e. The van der Waals surface area contributed by atoms with Crippen LogP contribution >= 0.6 is 11.8 Å². The molecule has 1 heterocycles. The van der Waals surface area contributed by atoms with Crippen LogP contribution in [-0.4, -0.2) is 9.97 Å². The first-order valence-electron chi connectivity index (χ1n) is 6.29. The van der Waals surface area contributed by atoms with Crippen LogP contribution in [0.15, 0.2) is 66.0 Å². The molecule has 0 saturated heterocycles. The molecule has 0 saturated carbocycles. The predicted molar refractivity (Wildman–Crippen MR) is 80.0 cm³/mol. The summed E-state index contributed by atoms with van der Waals surface area (Å²) in [6, 6.07) is 16.6. The second-order valence-corrected chi connectivity index (χ2v) is 5.35. The van der Waals surface area contributed by atoms with E-state index in [9.17, 15) is 4.39 Å². The summed E-state index contributed by atoms with van der Waals surface area (Å²) < 4.78 is 12.9. The lowest BCUT2D eigenvalue weighted by atomic mass is 10.2. The van der Waals surface area contributed by atoms with Crippen LogP contribution in [0.25, 0.3) is 11.3 Å². The number of nitrogens with one attached hydrogen (secondary N) is 1. The standard InChI is InChI=1S/C16H13FN2S/c17-14-8-6-13(7-9-14)15-10-18-16(19-15)20-11-12-4-2-1-3-5-12/h1-10H,11H2,(H,18,19). The number of aromatic nitrogens is 2. The number of imidazole rings is 1. The number of nitrogens with zero attached hydrogens (tertiary/aromatic N) is 1. The van der Waals surface area contributed by atoms with E-state index in [1.54, 1.807) is 30.1 Å². The average Bonchev–Trinajstić information content (AvgIpc) is 2.96. The Morgan fingerprint density at radius 2 is 1.75 bits per heavy atom. The van der Waals surface area contributed by atoms with E-state index in [0.717, 1.165) is 22.2 Å². The third kappa shape index (κ3) is 3.08. The molecule has 3 rings (SSSR count). The second-order valence-electron chi connectivity index (χ2n) is 4.38. The highest BCUT2D eigenvalue weighted by Gasteiger charge is 2.04. The maximum atomic E-state index is 12.9. The van der Waals surface area contributed by atoms with Crippen LogP contribution in [0, 0.1) is 5.82 Å². The van der Waals surface area contributed by atoms with E-state index in [1.165, 1.54) is 17.7 Å². The third-order valence-electron chi connectivity index (χ3n) is 2.93. The fourth-order valence-corrected chi connectivity index (χ4v) is 2.68. The number of halogens is 1. The van der Waals surface area contributed by atoms with E-state index in [-0.39, 0.29) is 5.82 Å². The summed E-state index contributed by atoms with van der Waals surface area (Å²) in [6.45, 7) is 0. The molecule has 20 heavy (non-hydrogen) atoms. The fraction of sp³-hybridized carbons (Fsp3) is 0.0625. The number of hydrogen-bond donors (Lipinski definition) is 1. The maximum Gasteiger partial charge on any atom is 0.166 e. The molecule has 0 unspecified atom stereocenters. The average molecular weight is 284 g/mol. The van der Waals surface area contributed by atoms with Gasteiger partial charge in [-0.3, -0.25) is 0 Å². The molecule has 0 atom stereocenters. The van der Waals surface area contributed by atoms with Gasteiger partial charge in [0.25, 0.3) is 0 Å². The minimum Gasteiger partial charge on any atom is -0.333 e. The quantitative estimate of drug-likeness (QED) is 0.714. The van der Waals surface area contributed by atoms with Gasteiger partial charge in [-0.25, -0.2) is 9.37 Å². The second kappa shape index (κ2) is 5.92. The topological polar surface area (TPSA) is 28.7 Å². The Morgan fingerprint density at radius 1 is 1.00 bits per heavy atom. The molecule has 100 valence electrons. The Balaban J connectivity index is 1.69. The summed E-state index contributed by atoms with van der Waals surface area (Å²) in [7, 11) is 0. The molecule has 0 aliphatic carbocycles. The molecule has 0 bridgehead atoms. The minimum absolute atomic E-state index is 0.230. The number of aromatic amines is 1. The van der Waals surface area contributed by atoms with Gasteiger partial charge in [0.2, 0.25) is 0 Å². The highest BCUT2D eigenvalue weighted by atomic mass is 32.2. The smallest absolute Gasteiger partial charge is 0.166 e. The molecule has 4 heteroatoms. The fourth-order valence-electron chi connectivity index (χ4n) is 1.88. The predicted octanol–water partition coefficient (Wildman–Crippen LogP) is 4.51. The first-order chi connectivity index (χ1) is 9.81. The normalized spacial score (nSPS) is 10.7. The summed E-state index contributed by atoms with van der Waals surface area (Å²) in [5.41, 5.74) is 3.10. The zero-order chi connectivity index (χ0) is 13.8. The van der Waals surface area contributed by atoms with Gasteiger partial charge < -0.3 is 4.98 Å². The van der Waals surface area contributed by atoms with Crippen molar-refractivity contribution in [2.45, 2.75) is 10.9 Å². The van der Waals surface area contributed by atoms with E-state index < -0.39 is 0 Å². The van der Waals surface area contributed by atoms with Gasteiger partial charge in [-0.15, -0.1) is 0 Å². The summed E-state index contributed by atoms with van der Waals surface area (Å²) >= 11 is 1.65. The Bertz CT molecular complexity index is 677. The van der Waals surface area contributed by atoms with E-state index in [1.807, 2.05) is 18.2 Å². The molecule has 0 aliphatic rings. The SMILES string of the molecule is Fc1ccc(-c2cnc(SCc3ccccc3)[nH]2)cc1. The van der Waals surface area contributed by atoms with Gasteiger partial charge in [-0.1, -0.05) is 42.1 Å². The number of thioether (sulfide) groups is 1. The third-order valence-corrected chi connectivity index (χ3v) is 3.88. The molecular weight excluding hydrogens is 271 g/mol. The summed E-state index contributed by atoms with van der Waals surface area (Å²) in [4.78, 5) is 7.59. The van der Waals surface area contributed by atoms with Gasteiger partial charge in [-0.2, -0.15) is 0 Å². The zero-order valence-corrected chi connectivity index (χ0v) is 11.5. The number of hydrogen-bond acceptors (Lipinski definition) is 2. The molecule has 1 N–H and O–H groups in total. The summed E-state index contributed by atoms with van der Waals surface area (Å²) in [5, 5.41) is 0.869. The van der Waals surface area contributed by atoms with Crippen molar-refractivity contribution in [3.05, 3.63) is 72.2 Å². The summed E-state index contributed by atoms with van der Waals surface area (Å²) in [6.07, 6.45) is 1.78. The van der Waals surface area contributed by atoms with Crippen LogP contribution in [0.2, 0.25) is 0 Å². The van der Waals surface area contributed by atoms with Crippen molar-refractivity contribution in [2.75, 3.05) is 0 Å². The maximum absolute atomic E-state index is 12.9. The van der Waals surface area contributed by atoms with E-state index in [2.05, 4.69) is 22.1 Å². The van der Waals surface area contributed by atoms with Crippen molar-refractivity contribution >= 4 is 11.8 Å². The van der Waals surface area contributed by atoms with Gasteiger partial charge in [0, 0.05) is 5.75 Å². The first-order valence-corrected chi connectivity index (χ1v) is 7.27. The van der Waals surface area contributed by atoms with Crippen LogP contribution in [0.5, 0.6) is 0 Å². The molecule has 2 nitrogen and oxygen atoms in total. The molecule has 3 aromatic rings. The number of benzene rings is 2. The Morgan fingerprint density at radius 3 is 2.50 bits per heavy atom. The Hall–Kier alpha value is -2.07.